The summed E-state index contributed by atoms with van der Waals surface area (Å²) in [6, 6.07) is 35.9. The van der Waals surface area contributed by atoms with Gasteiger partial charge in [-0.1, -0.05) is 91.0 Å². The van der Waals surface area contributed by atoms with E-state index in [0.29, 0.717) is 12.1 Å². The topological polar surface area (TPSA) is 156 Å². The molecule has 4 aliphatic rings. The Bertz CT molecular complexity index is 2530. The molecule has 10 rings (SSSR count). The minimum atomic E-state index is -1.15. The van der Waals surface area contributed by atoms with Crippen LogP contribution in [0.25, 0.3) is 10.9 Å². The first-order chi connectivity index (χ1) is 30.6. The molecule has 1 aromatic heterocycles. The molecule has 5 aromatic carbocycles. The van der Waals surface area contributed by atoms with Crippen molar-refractivity contribution in [2.75, 3.05) is 11.9 Å². The third kappa shape index (κ3) is 9.73. The Labute approximate surface area is 366 Å². The van der Waals surface area contributed by atoms with Crippen LogP contribution in [-0.2, 0) is 33.9 Å². The van der Waals surface area contributed by atoms with Crippen LogP contribution in [0.15, 0.2) is 134 Å². The predicted molar refractivity (Wildman–Crippen MR) is 239 cm³/mol. The average Bonchev–Trinajstić information content (AvgIpc) is 3.77. The molecule has 4 aliphatic carbocycles. The van der Waals surface area contributed by atoms with Crippen molar-refractivity contribution in [3.8, 4) is 0 Å². The van der Waals surface area contributed by atoms with E-state index in [1.54, 1.807) is 18.3 Å². The molecule has 1 heterocycles. The molecule has 11 heteroatoms. The number of H-pyrrole nitrogens is 1. The summed E-state index contributed by atoms with van der Waals surface area (Å²) >= 11 is 0. The number of anilines is 1. The highest BCUT2D eigenvalue weighted by Crippen LogP contribution is 2.59. The van der Waals surface area contributed by atoms with Crippen molar-refractivity contribution in [3.63, 3.8) is 0 Å². The SMILES string of the molecule is O=C(OCc1ccccc1)c1cc(NC(=O)[C@H](Cc2ccccc2)NC(=O)c2cc3[nH]ccc3cc2C(=O)NCC23CC4CC(CC(C4)C2)C3)cc(C(=O)OCc2ccccc2)c1. The lowest BCUT2D eigenvalue weighted by atomic mass is 9.49. The molecule has 4 N–H and O–H groups in total. The molecular formula is C52H50N4O7. The van der Waals surface area contributed by atoms with Crippen LogP contribution < -0.4 is 16.0 Å². The van der Waals surface area contributed by atoms with Gasteiger partial charge in [0.15, 0.2) is 0 Å². The summed E-state index contributed by atoms with van der Waals surface area (Å²) in [6.45, 7) is 0.554. The smallest absolute Gasteiger partial charge is 0.338 e. The van der Waals surface area contributed by atoms with Crippen LogP contribution in [0.3, 0.4) is 0 Å². The molecule has 1 atom stereocenters. The fourth-order valence-electron chi connectivity index (χ4n) is 10.4. The van der Waals surface area contributed by atoms with E-state index in [-0.39, 0.29) is 58.9 Å². The number of benzene rings is 5. The van der Waals surface area contributed by atoms with Crippen molar-refractivity contribution >= 4 is 46.3 Å². The highest BCUT2D eigenvalue weighted by molar-refractivity contribution is 6.11. The van der Waals surface area contributed by atoms with Crippen LogP contribution in [0.5, 0.6) is 0 Å². The average molecular weight is 843 g/mol. The Morgan fingerprint density at radius 1 is 0.619 bits per heavy atom. The van der Waals surface area contributed by atoms with Gasteiger partial charge in [-0.05, 0) is 115 Å². The Kier molecular flexibility index (Phi) is 11.9. The van der Waals surface area contributed by atoms with E-state index < -0.39 is 29.8 Å². The fraction of sp³-hybridized carbons (Fsp3) is 0.288. The molecule has 0 saturated heterocycles. The number of nitrogens with one attached hydrogen (secondary N) is 4. The lowest BCUT2D eigenvalue weighted by molar-refractivity contribution is -0.118. The first-order valence-corrected chi connectivity index (χ1v) is 21.8. The number of hydrogen-bond donors (Lipinski definition) is 4. The van der Waals surface area contributed by atoms with Crippen molar-refractivity contribution in [2.45, 2.75) is 64.2 Å². The van der Waals surface area contributed by atoms with Gasteiger partial charge in [0, 0.05) is 35.8 Å². The summed E-state index contributed by atoms with van der Waals surface area (Å²) < 4.78 is 11.2. The third-order valence-electron chi connectivity index (χ3n) is 13.0. The summed E-state index contributed by atoms with van der Waals surface area (Å²) in [5, 5.41) is 9.80. The van der Waals surface area contributed by atoms with E-state index in [0.717, 1.165) is 59.1 Å². The second kappa shape index (κ2) is 18.1. The molecule has 4 bridgehead atoms. The Morgan fingerprint density at radius 3 is 1.70 bits per heavy atom. The van der Waals surface area contributed by atoms with E-state index in [4.69, 9.17) is 9.47 Å². The van der Waals surface area contributed by atoms with Crippen LogP contribution in [-0.4, -0.2) is 47.2 Å². The van der Waals surface area contributed by atoms with Crippen molar-refractivity contribution in [3.05, 3.63) is 173 Å². The Balaban J connectivity index is 0.970. The summed E-state index contributed by atoms with van der Waals surface area (Å²) in [6.07, 6.45) is 9.15. The zero-order valence-electron chi connectivity index (χ0n) is 34.9. The quantitative estimate of drug-likeness (QED) is 0.0754. The third-order valence-corrected chi connectivity index (χ3v) is 13.0. The summed E-state index contributed by atoms with van der Waals surface area (Å²) in [5.74, 6) is -0.779. The molecule has 4 fully saturated rings. The molecule has 63 heavy (non-hydrogen) atoms. The van der Waals surface area contributed by atoms with Crippen LogP contribution >= 0.6 is 0 Å². The van der Waals surface area contributed by atoms with Gasteiger partial charge >= 0.3 is 11.9 Å². The van der Waals surface area contributed by atoms with Gasteiger partial charge in [0.25, 0.3) is 11.8 Å². The van der Waals surface area contributed by atoms with Crippen molar-refractivity contribution < 1.29 is 33.4 Å². The molecule has 0 spiro atoms. The summed E-state index contributed by atoms with van der Waals surface area (Å²) in [7, 11) is 0. The van der Waals surface area contributed by atoms with Crippen LogP contribution in [0.2, 0.25) is 0 Å². The number of rotatable bonds is 15. The molecule has 3 amide bonds. The van der Waals surface area contributed by atoms with Gasteiger partial charge < -0.3 is 30.4 Å². The van der Waals surface area contributed by atoms with Crippen LogP contribution in [0, 0.1) is 23.2 Å². The molecule has 4 saturated carbocycles. The number of aromatic amines is 1. The largest absolute Gasteiger partial charge is 0.457 e. The molecule has 11 nitrogen and oxygen atoms in total. The minimum Gasteiger partial charge on any atom is -0.457 e. The minimum absolute atomic E-state index is 0.00815. The van der Waals surface area contributed by atoms with E-state index in [9.17, 15) is 24.0 Å². The molecule has 0 aliphatic heterocycles. The number of amides is 3. The lowest BCUT2D eigenvalue weighted by Gasteiger charge is -2.56. The molecular weight excluding hydrogens is 793 g/mol. The maximum atomic E-state index is 14.5. The molecule has 0 radical (unpaired) electrons. The van der Waals surface area contributed by atoms with Crippen LogP contribution in [0.1, 0.15) is 96.6 Å². The van der Waals surface area contributed by atoms with Gasteiger partial charge in [0.05, 0.1) is 22.3 Å². The summed E-state index contributed by atoms with van der Waals surface area (Å²) in [5.41, 5.74) is 3.59. The number of hydrogen-bond acceptors (Lipinski definition) is 7. The highest BCUT2D eigenvalue weighted by atomic mass is 16.5. The van der Waals surface area contributed by atoms with Gasteiger partial charge in [-0.3, -0.25) is 14.4 Å². The highest BCUT2D eigenvalue weighted by Gasteiger charge is 2.50. The van der Waals surface area contributed by atoms with Crippen molar-refractivity contribution in [1.82, 2.24) is 15.6 Å². The second-order valence-corrected chi connectivity index (χ2v) is 17.7. The van der Waals surface area contributed by atoms with Crippen molar-refractivity contribution in [1.29, 1.82) is 0 Å². The van der Waals surface area contributed by atoms with Gasteiger partial charge in [-0.2, -0.15) is 0 Å². The number of fused-ring (bicyclic) bond motifs is 1. The Hall–Kier alpha value is -7.01. The fourth-order valence-corrected chi connectivity index (χ4v) is 10.4. The zero-order valence-corrected chi connectivity index (χ0v) is 34.9. The maximum Gasteiger partial charge on any atom is 0.338 e. The second-order valence-electron chi connectivity index (χ2n) is 17.7. The normalized spacial score (nSPS) is 20.1. The number of ether oxygens (including phenoxy) is 2. The monoisotopic (exact) mass is 842 g/mol. The standard InChI is InChI=1S/C52H50N4O7/c57-47(54-32-52-27-36-18-37(28-52)20-38(19-36)29-52)43-25-39-16-17-53-45(39)26-44(43)48(58)56-46(21-33-10-4-1-5-11-33)49(59)55-42-23-40(50(60)62-30-34-12-6-2-7-13-34)22-41(24-42)51(61)63-31-35-14-8-3-9-15-35/h1-17,22-26,36-38,46,53H,18-21,27-32H2,(H,54,57)(H,55,59)(H,56,58)/t36?,37?,38?,46-,52?/m0/s1. The van der Waals surface area contributed by atoms with Gasteiger partial charge in [-0.25, -0.2) is 9.59 Å². The van der Waals surface area contributed by atoms with E-state index in [1.807, 2.05) is 97.1 Å². The van der Waals surface area contributed by atoms with Crippen molar-refractivity contribution in [2.24, 2.45) is 23.2 Å². The van der Waals surface area contributed by atoms with Gasteiger partial charge in [-0.15, -0.1) is 0 Å². The Morgan fingerprint density at radius 2 is 1.14 bits per heavy atom. The molecule has 320 valence electrons. The predicted octanol–water partition coefficient (Wildman–Crippen LogP) is 8.81. The zero-order chi connectivity index (χ0) is 43.3. The maximum absolute atomic E-state index is 14.5. The number of carbonyl (C=O) groups is 5. The number of carbonyl (C=O) groups excluding carboxylic acids is 5. The number of esters is 2. The van der Waals surface area contributed by atoms with Gasteiger partial charge in [0.2, 0.25) is 5.91 Å². The molecule has 0 unspecified atom stereocenters. The number of aromatic nitrogens is 1. The summed E-state index contributed by atoms with van der Waals surface area (Å²) in [4.78, 5) is 73.1. The lowest BCUT2D eigenvalue weighted by Crippen LogP contribution is -2.51. The first kappa shape index (κ1) is 41.3. The van der Waals surface area contributed by atoms with E-state index in [1.165, 1.54) is 37.5 Å². The van der Waals surface area contributed by atoms with E-state index in [2.05, 4.69) is 20.9 Å². The molecule has 6 aromatic rings. The van der Waals surface area contributed by atoms with E-state index >= 15 is 0 Å². The van der Waals surface area contributed by atoms with Gasteiger partial charge in [0.1, 0.15) is 19.3 Å². The van der Waals surface area contributed by atoms with Crippen LogP contribution in [0.4, 0.5) is 5.69 Å². The first-order valence-electron chi connectivity index (χ1n) is 21.8.